The van der Waals surface area contributed by atoms with Crippen molar-refractivity contribution >= 4 is 21.6 Å². The van der Waals surface area contributed by atoms with Crippen molar-refractivity contribution in [2.45, 2.75) is 13.3 Å². The molecule has 1 saturated heterocycles. The standard InChI is InChI=1S/C16H27N5O4S/c1-10-15(12(18)6-14(24-2)16(10)25-3)13(7-17)21-8-11(9-21)4-5-20-26(19,22)23/h6-7,11,20H,4-5,8-9,17-18H2,1-3H3,(H2,19,22,23)/b13-7+. The van der Waals surface area contributed by atoms with Crippen molar-refractivity contribution in [3.63, 3.8) is 0 Å². The summed E-state index contributed by atoms with van der Waals surface area (Å²) in [5.41, 5.74) is 15.1. The highest BCUT2D eigenvalue weighted by Gasteiger charge is 2.31. The van der Waals surface area contributed by atoms with Gasteiger partial charge in [0, 0.05) is 48.7 Å². The monoisotopic (exact) mass is 385 g/mol. The zero-order valence-corrected chi connectivity index (χ0v) is 16.1. The maximum Gasteiger partial charge on any atom is 0.274 e. The molecule has 146 valence electrons. The Morgan fingerprint density at radius 3 is 2.54 bits per heavy atom. The zero-order valence-electron chi connectivity index (χ0n) is 15.3. The Bertz CT molecular complexity index is 788. The minimum absolute atomic E-state index is 0.316. The van der Waals surface area contributed by atoms with E-state index in [1.807, 2.05) is 6.92 Å². The van der Waals surface area contributed by atoms with Gasteiger partial charge in [-0.1, -0.05) is 0 Å². The van der Waals surface area contributed by atoms with E-state index in [4.69, 9.17) is 26.1 Å². The second-order valence-electron chi connectivity index (χ2n) is 6.25. The van der Waals surface area contributed by atoms with Crippen LogP contribution in [0.15, 0.2) is 12.3 Å². The van der Waals surface area contributed by atoms with Crippen LogP contribution in [0.3, 0.4) is 0 Å². The number of methoxy groups -OCH3 is 2. The number of benzene rings is 1. The third-order valence-electron chi connectivity index (χ3n) is 4.51. The van der Waals surface area contributed by atoms with Gasteiger partial charge in [0.2, 0.25) is 0 Å². The Morgan fingerprint density at radius 1 is 1.38 bits per heavy atom. The highest BCUT2D eigenvalue weighted by atomic mass is 32.2. The third kappa shape index (κ3) is 4.32. The molecule has 1 aliphatic rings. The molecule has 7 N–H and O–H groups in total. The normalized spacial score (nSPS) is 15.7. The summed E-state index contributed by atoms with van der Waals surface area (Å²) in [6.45, 7) is 3.73. The Balaban J connectivity index is 2.12. The summed E-state index contributed by atoms with van der Waals surface area (Å²) < 4.78 is 34.9. The number of anilines is 1. The van der Waals surface area contributed by atoms with Crippen LogP contribution in [0.5, 0.6) is 11.5 Å². The van der Waals surface area contributed by atoms with E-state index in [9.17, 15) is 8.42 Å². The number of nitrogens with zero attached hydrogens (tertiary/aromatic N) is 1. The fraction of sp³-hybridized carbons (Fsp3) is 0.500. The van der Waals surface area contributed by atoms with Gasteiger partial charge in [-0.25, -0.2) is 9.86 Å². The van der Waals surface area contributed by atoms with Gasteiger partial charge in [-0.15, -0.1) is 0 Å². The number of likely N-dealkylation sites (tertiary alicyclic amines) is 1. The van der Waals surface area contributed by atoms with Crippen LogP contribution in [0.25, 0.3) is 5.70 Å². The molecule has 0 spiro atoms. The molecule has 0 aromatic heterocycles. The highest BCUT2D eigenvalue weighted by molar-refractivity contribution is 7.87. The van der Waals surface area contributed by atoms with E-state index in [-0.39, 0.29) is 0 Å². The second-order valence-corrected chi connectivity index (χ2v) is 7.63. The maximum atomic E-state index is 10.9. The van der Waals surface area contributed by atoms with Gasteiger partial charge in [0.05, 0.1) is 19.9 Å². The van der Waals surface area contributed by atoms with Gasteiger partial charge in [0.1, 0.15) is 0 Å². The molecule has 0 atom stereocenters. The maximum absolute atomic E-state index is 10.9. The van der Waals surface area contributed by atoms with E-state index in [0.717, 1.165) is 29.9 Å². The van der Waals surface area contributed by atoms with E-state index in [1.54, 1.807) is 20.3 Å². The minimum Gasteiger partial charge on any atom is -0.493 e. The summed E-state index contributed by atoms with van der Waals surface area (Å²) >= 11 is 0. The van der Waals surface area contributed by atoms with Crippen LogP contribution < -0.4 is 30.8 Å². The topological polar surface area (TPSA) is 146 Å². The van der Waals surface area contributed by atoms with E-state index in [2.05, 4.69) is 9.62 Å². The van der Waals surface area contributed by atoms with Crippen LogP contribution in [0.4, 0.5) is 5.69 Å². The average Bonchev–Trinajstić information content (AvgIpc) is 2.52. The van der Waals surface area contributed by atoms with Crippen molar-refractivity contribution in [2.75, 3.05) is 39.6 Å². The molecule has 2 rings (SSSR count). The van der Waals surface area contributed by atoms with E-state index in [1.165, 1.54) is 6.20 Å². The average molecular weight is 385 g/mol. The lowest BCUT2D eigenvalue weighted by Gasteiger charge is -2.43. The first-order valence-electron chi connectivity index (χ1n) is 8.17. The lowest BCUT2D eigenvalue weighted by atomic mass is 9.92. The Labute approximate surface area is 154 Å². The van der Waals surface area contributed by atoms with E-state index < -0.39 is 10.2 Å². The molecule has 1 aromatic rings. The summed E-state index contributed by atoms with van der Waals surface area (Å²) in [6, 6.07) is 1.72. The number of ether oxygens (including phenoxy) is 2. The number of rotatable bonds is 8. The molecule has 1 heterocycles. The summed E-state index contributed by atoms with van der Waals surface area (Å²) in [7, 11) is -0.505. The van der Waals surface area contributed by atoms with E-state index >= 15 is 0 Å². The van der Waals surface area contributed by atoms with Crippen LogP contribution in [0, 0.1) is 12.8 Å². The van der Waals surface area contributed by atoms with Gasteiger partial charge in [-0.3, -0.25) is 0 Å². The smallest absolute Gasteiger partial charge is 0.274 e. The number of nitrogens with one attached hydrogen (secondary N) is 1. The molecule has 10 heteroatoms. The largest absolute Gasteiger partial charge is 0.493 e. The van der Waals surface area contributed by atoms with Gasteiger partial charge < -0.3 is 25.8 Å². The Morgan fingerprint density at radius 2 is 2.04 bits per heavy atom. The van der Waals surface area contributed by atoms with Crippen LogP contribution in [-0.4, -0.2) is 47.2 Å². The number of hydrogen-bond donors (Lipinski definition) is 4. The summed E-state index contributed by atoms with van der Waals surface area (Å²) in [5, 5.41) is 4.93. The molecule has 1 aromatic carbocycles. The van der Waals surface area contributed by atoms with Gasteiger partial charge >= 0.3 is 0 Å². The molecule has 26 heavy (non-hydrogen) atoms. The molecular weight excluding hydrogens is 358 g/mol. The Kier molecular flexibility index (Phi) is 6.21. The van der Waals surface area contributed by atoms with Crippen molar-refractivity contribution in [3.8, 4) is 11.5 Å². The molecule has 0 unspecified atom stereocenters. The molecule has 0 bridgehead atoms. The van der Waals surface area contributed by atoms with Crippen molar-refractivity contribution in [1.82, 2.24) is 9.62 Å². The molecule has 1 aliphatic heterocycles. The van der Waals surface area contributed by atoms with Crippen LogP contribution >= 0.6 is 0 Å². The molecule has 0 saturated carbocycles. The fourth-order valence-electron chi connectivity index (χ4n) is 3.24. The number of hydrogen-bond acceptors (Lipinski definition) is 7. The zero-order chi connectivity index (χ0) is 19.5. The number of nitrogen functional groups attached to an aromatic ring is 1. The predicted octanol–water partition coefficient (Wildman–Crippen LogP) is -0.0335. The first-order chi connectivity index (χ1) is 12.2. The molecule has 9 nitrogen and oxygen atoms in total. The minimum atomic E-state index is -3.64. The first-order valence-corrected chi connectivity index (χ1v) is 9.72. The summed E-state index contributed by atoms with van der Waals surface area (Å²) in [4.78, 5) is 2.10. The van der Waals surface area contributed by atoms with Gasteiger partial charge in [0.25, 0.3) is 10.2 Å². The van der Waals surface area contributed by atoms with Crippen LogP contribution in [0.2, 0.25) is 0 Å². The van der Waals surface area contributed by atoms with Crippen molar-refractivity contribution in [1.29, 1.82) is 0 Å². The van der Waals surface area contributed by atoms with Crippen molar-refractivity contribution < 1.29 is 17.9 Å². The van der Waals surface area contributed by atoms with Gasteiger partial charge in [-0.2, -0.15) is 8.42 Å². The number of nitrogens with two attached hydrogens (primary N) is 3. The molecule has 0 aliphatic carbocycles. The van der Waals surface area contributed by atoms with Gasteiger partial charge in [0.15, 0.2) is 11.5 Å². The highest BCUT2D eigenvalue weighted by Crippen LogP contribution is 2.41. The van der Waals surface area contributed by atoms with Crippen molar-refractivity contribution in [2.24, 2.45) is 16.8 Å². The first kappa shape index (κ1) is 20.1. The molecule has 0 radical (unpaired) electrons. The quantitative estimate of drug-likeness (QED) is 0.459. The molecule has 0 amide bonds. The SMILES string of the molecule is COc1cc(N)c(/C(=C\N)N2CC(CCNS(N)(=O)=O)C2)c(C)c1OC. The lowest BCUT2D eigenvalue weighted by Crippen LogP contribution is -2.47. The van der Waals surface area contributed by atoms with Crippen molar-refractivity contribution in [3.05, 3.63) is 23.4 Å². The van der Waals surface area contributed by atoms with Crippen LogP contribution in [0.1, 0.15) is 17.5 Å². The third-order valence-corrected chi connectivity index (χ3v) is 5.11. The lowest BCUT2D eigenvalue weighted by molar-refractivity contribution is 0.166. The fourth-order valence-corrected chi connectivity index (χ4v) is 3.64. The molecule has 1 fully saturated rings. The second kappa shape index (κ2) is 8.02. The van der Waals surface area contributed by atoms with Crippen LogP contribution in [-0.2, 0) is 10.2 Å². The van der Waals surface area contributed by atoms with E-state index in [0.29, 0.717) is 36.1 Å². The Hall–Kier alpha value is -2.17. The summed E-state index contributed by atoms with van der Waals surface area (Å²) in [5.74, 6) is 1.53. The molecular formula is C16H27N5O4S. The predicted molar refractivity (Wildman–Crippen MR) is 102 cm³/mol. The van der Waals surface area contributed by atoms with Gasteiger partial charge in [-0.05, 0) is 19.3 Å². The summed E-state index contributed by atoms with van der Waals surface area (Å²) in [6.07, 6.45) is 2.23.